The van der Waals surface area contributed by atoms with Gasteiger partial charge in [0, 0.05) is 22.9 Å². The van der Waals surface area contributed by atoms with Crippen LogP contribution < -0.4 is 28.7 Å². The van der Waals surface area contributed by atoms with E-state index < -0.39 is 23.9 Å². The summed E-state index contributed by atoms with van der Waals surface area (Å²) in [5, 5.41) is 26.1. The Kier molecular flexibility index (Phi) is 57.7. The van der Waals surface area contributed by atoms with Crippen molar-refractivity contribution in [2.75, 3.05) is 13.6 Å². The highest BCUT2D eigenvalue weighted by Gasteiger charge is 2.10. The Morgan fingerprint density at radius 1 is 1.11 bits per heavy atom. The van der Waals surface area contributed by atoms with Gasteiger partial charge in [-0.2, -0.15) is 0 Å². The molecule has 0 fully saturated rings. The molecule has 0 spiro atoms. The molecule has 0 heterocycles. The quantitative estimate of drug-likeness (QED) is 0.223. The van der Waals surface area contributed by atoms with E-state index in [-0.39, 0.29) is 63.3 Å². The van der Waals surface area contributed by atoms with E-state index in [2.05, 4.69) is 10.3 Å². The average molecular weight is 420 g/mol. The smallest absolute Gasteiger partial charge is 0.320 e. The second kappa shape index (κ2) is 32.3. The predicted molar refractivity (Wildman–Crippen MR) is 127 cm³/mol. The standard InChI is InChI=1S/C6H13N3O2.C5H11N3O2.C2H6.4CH4.H3N.2H2/c1-4(5(10)11)3-9-6(7)8-2;6-3(5(9)10)1-2-4(7)8;1-2;;;;;;;/h4H,3H2,1-2H3,(H,10,11)(H3,7,8,9);3H,1-2,6H2,(H3,7,8)(H,9,10);1-2H3;4*1H4;1H3;2*1H. The normalized spacial score (nSPS) is 10.2. The summed E-state index contributed by atoms with van der Waals surface area (Å²) in [6.07, 6.45) is 0.470. The van der Waals surface area contributed by atoms with Gasteiger partial charge >= 0.3 is 11.9 Å². The Bertz CT molecular complexity index is 402. The van der Waals surface area contributed by atoms with Gasteiger partial charge in [-0.05, 0) is 6.42 Å². The summed E-state index contributed by atoms with van der Waals surface area (Å²) in [7, 11) is 1.54. The summed E-state index contributed by atoms with van der Waals surface area (Å²) in [6.45, 7) is 5.90. The Labute approximate surface area is 175 Å². The van der Waals surface area contributed by atoms with Crippen molar-refractivity contribution < 1.29 is 22.7 Å². The van der Waals surface area contributed by atoms with Gasteiger partial charge in [-0.3, -0.25) is 20.0 Å². The zero-order chi connectivity index (χ0) is 19.0. The second-order valence-corrected chi connectivity index (χ2v) is 4.24. The maximum absolute atomic E-state index is 10.3. The minimum Gasteiger partial charge on any atom is -0.481 e. The van der Waals surface area contributed by atoms with Gasteiger partial charge in [0.15, 0.2) is 5.96 Å². The highest BCUT2D eigenvalue weighted by Crippen LogP contribution is 1.92. The average Bonchev–Trinajstić information content (AvgIpc) is 2.51. The van der Waals surface area contributed by atoms with Crippen molar-refractivity contribution in [3.05, 3.63) is 0 Å². The molecule has 0 radical (unpaired) electrons. The van der Waals surface area contributed by atoms with E-state index in [9.17, 15) is 9.59 Å². The van der Waals surface area contributed by atoms with Crippen LogP contribution in [-0.4, -0.2) is 53.6 Å². The number of nitrogens with two attached hydrogens (primary N) is 3. The third-order valence-electron chi connectivity index (χ3n) is 2.29. The van der Waals surface area contributed by atoms with E-state index in [1.165, 1.54) is 7.05 Å². The zero-order valence-corrected chi connectivity index (χ0v) is 14.9. The van der Waals surface area contributed by atoms with Crippen molar-refractivity contribution >= 4 is 23.7 Å². The number of nitrogens with one attached hydrogen (secondary N) is 2. The number of hydrogen-bond donors (Lipinski definition) is 8. The van der Waals surface area contributed by atoms with Gasteiger partial charge in [-0.1, -0.05) is 50.5 Å². The maximum Gasteiger partial charge on any atom is 0.320 e. The number of rotatable bonds is 7. The highest BCUT2D eigenvalue weighted by atomic mass is 16.4. The molecule has 11 nitrogen and oxygen atoms in total. The molecule has 28 heavy (non-hydrogen) atoms. The Morgan fingerprint density at radius 2 is 1.50 bits per heavy atom. The summed E-state index contributed by atoms with van der Waals surface area (Å²) in [4.78, 5) is 24.0. The molecule has 2 unspecified atom stereocenters. The Morgan fingerprint density at radius 3 is 1.75 bits per heavy atom. The monoisotopic (exact) mass is 419 g/mol. The van der Waals surface area contributed by atoms with Gasteiger partial charge < -0.3 is 38.9 Å². The number of carbonyl (C=O) groups is 2. The van der Waals surface area contributed by atoms with Crippen LogP contribution in [0.1, 0.15) is 66.2 Å². The number of carboxylic acid groups (broad SMARTS) is 2. The van der Waals surface area contributed by atoms with Crippen LogP contribution >= 0.6 is 0 Å². The Hall–Kier alpha value is -2.40. The number of amidine groups is 1. The predicted octanol–water partition coefficient (Wildman–Crippen LogP) is 2.58. The fourth-order valence-electron chi connectivity index (χ4n) is 0.859. The van der Waals surface area contributed by atoms with Crippen molar-refractivity contribution in [3.8, 4) is 0 Å². The molecule has 180 valence electrons. The van der Waals surface area contributed by atoms with Crippen LogP contribution in [0.25, 0.3) is 0 Å². The van der Waals surface area contributed by atoms with Crippen molar-refractivity contribution in [2.45, 2.75) is 69.4 Å². The first-order valence-electron chi connectivity index (χ1n) is 7.12. The lowest BCUT2D eigenvalue weighted by Crippen LogP contribution is -2.36. The molecule has 0 saturated carbocycles. The summed E-state index contributed by atoms with van der Waals surface area (Å²) in [6, 6.07) is -0.899. The lowest BCUT2D eigenvalue weighted by molar-refractivity contribution is -0.141. The van der Waals surface area contributed by atoms with Crippen molar-refractivity contribution in [1.82, 2.24) is 11.5 Å². The number of nitrogens with zero attached hydrogens (tertiary/aromatic N) is 1. The van der Waals surface area contributed by atoms with E-state index in [4.69, 9.17) is 32.8 Å². The molecule has 13 N–H and O–H groups in total. The molecular formula is C17H53N7O4. The second-order valence-electron chi connectivity index (χ2n) is 4.24. The minimum absolute atomic E-state index is 0. The molecule has 0 aliphatic rings. The summed E-state index contributed by atoms with van der Waals surface area (Å²) < 4.78 is 0. The van der Waals surface area contributed by atoms with Gasteiger partial charge in [0.1, 0.15) is 6.04 Å². The molecule has 0 aromatic carbocycles. The molecule has 0 aromatic heterocycles. The zero-order valence-electron chi connectivity index (χ0n) is 14.9. The van der Waals surface area contributed by atoms with Gasteiger partial charge in [0.25, 0.3) is 0 Å². The molecule has 0 saturated heterocycles. The van der Waals surface area contributed by atoms with Crippen LogP contribution in [-0.2, 0) is 9.59 Å². The SMILES string of the molecule is C.C.C.C.CC.CN=C(N)NCC(C)C(=O)O.N.N=C(N)CCC(N)C(=O)O.[HH].[HH]. The van der Waals surface area contributed by atoms with Crippen molar-refractivity contribution in [2.24, 2.45) is 28.1 Å². The minimum atomic E-state index is -1.05. The molecule has 11 heteroatoms. The molecule has 2 atom stereocenters. The van der Waals surface area contributed by atoms with E-state index in [1.54, 1.807) is 6.92 Å². The topological polar surface area (TPSA) is 236 Å². The lowest BCUT2D eigenvalue weighted by Gasteiger charge is -2.07. The maximum atomic E-state index is 10.3. The van der Waals surface area contributed by atoms with Gasteiger partial charge in [0.2, 0.25) is 0 Å². The number of hydrogen-bond acceptors (Lipinski definition) is 6. The van der Waals surface area contributed by atoms with Gasteiger partial charge in [-0.15, -0.1) is 0 Å². The van der Waals surface area contributed by atoms with E-state index in [0.29, 0.717) is 6.54 Å². The van der Waals surface area contributed by atoms with Gasteiger partial charge in [0.05, 0.1) is 11.8 Å². The molecule has 0 bridgehead atoms. The number of aliphatic carboxylic acids is 2. The highest BCUT2D eigenvalue weighted by molar-refractivity contribution is 5.79. The molecule has 0 aliphatic heterocycles. The fourth-order valence-corrected chi connectivity index (χ4v) is 0.859. The first-order valence-corrected chi connectivity index (χ1v) is 7.12. The summed E-state index contributed by atoms with van der Waals surface area (Å²) >= 11 is 0. The summed E-state index contributed by atoms with van der Waals surface area (Å²) in [5.41, 5.74) is 15.4. The van der Waals surface area contributed by atoms with Crippen LogP contribution in [0.15, 0.2) is 4.99 Å². The fraction of sp³-hybridized carbons (Fsp3) is 0.765. The Balaban J connectivity index is -0.0000000253. The van der Waals surface area contributed by atoms with E-state index in [1.807, 2.05) is 13.8 Å². The lowest BCUT2D eigenvalue weighted by atomic mass is 10.1. The van der Waals surface area contributed by atoms with Crippen LogP contribution in [0.2, 0.25) is 0 Å². The van der Waals surface area contributed by atoms with E-state index >= 15 is 0 Å². The molecule has 0 aromatic rings. The molecule has 0 aliphatic carbocycles. The first kappa shape index (κ1) is 50.0. The third-order valence-corrected chi connectivity index (χ3v) is 2.29. The van der Waals surface area contributed by atoms with Crippen molar-refractivity contribution in [1.29, 1.82) is 5.41 Å². The number of aliphatic imine (C=N–C) groups is 1. The van der Waals surface area contributed by atoms with Gasteiger partial charge in [-0.25, -0.2) is 0 Å². The third kappa shape index (κ3) is 38.9. The van der Waals surface area contributed by atoms with Crippen LogP contribution in [0.4, 0.5) is 0 Å². The van der Waals surface area contributed by atoms with Crippen LogP contribution in [0.5, 0.6) is 0 Å². The number of guanidine groups is 1. The largest absolute Gasteiger partial charge is 0.481 e. The van der Waals surface area contributed by atoms with Crippen molar-refractivity contribution in [3.63, 3.8) is 0 Å². The van der Waals surface area contributed by atoms with Crippen LogP contribution in [0, 0.1) is 11.3 Å². The number of carboxylic acids is 2. The first-order chi connectivity index (χ1) is 10.6. The van der Waals surface area contributed by atoms with E-state index in [0.717, 1.165) is 0 Å². The van der Waals surface area contributed by atoms with Crippen LogP contribution in [0.3, 0.4) is 0 Å². The summed E-state index contributed by atoms with van der Waals surface area (Å²) in [5.74, 6) is -2.12. The molecule has 0 amide bonds. The molecular weight excluding hydrogens is 366 g/mol. The molecule has 0 rings (SSSR count).